The van der Waals surface area contributed by atoms with E-state index in [2.05, 4.69) is 182 Å². The molecule has 0 spiro atoms. The van der Waals surface area contributed by atoms with E-state index in [0.717, 1.165) is 32.9 Å². The Balaban J connectivity index is 1.06. The van der Waals surface area contributed by atoms with E-state index in [-0.39, 0.29) is 0 Å². The topological polar surface area (TPSA) is 13.1 Å². The normalized spacial score (nSPS) is 11.9. The molecule has 10 aromatic carbocycles. The Labute approximate surface area is 294 Å². The van der Waals surface area contributed by atoms with E-state index in [9.17, 15) is 0 Å². The first-order valence-electron chi connectivity index (χ1n) is 17.6. The summed E-state index contributed by atoms with van der Waals surface area (Å²) in [6, 6.07) is 66.4. The molecule has 0 radical (unpaired) electrons. The van der Waals surface area contributed by atoms with Gasteiger partial charge in [-0.05, 0) is 112 Å². The maximum atomic E-state index is 6.51. The van der Waals surface area contributed by atoms with Crippen LogP contribution in [0.5, 0.6) is 0 Å². The van der Waals surface area contributed by atoms with Crippen LogP contribution in [0.1, 0.15) is 0 Å². The van der Waals surface area contributed by atoms with Gasteiger partial charge in [-0.1, -0.05) is 152 Å². The van der Waals surface area contributed by atoms with Crippen LogP contribution in [0.4, 0.5) is 0 Å². The third-order valence-corrected chi connectivity index (χ3v) is 10.8. The van der Waals surface area contributed by atoms with E-state index >= 15 is 0 Å². The standard InChI is InChI=1S/C50H30O/c1-3-13-38-31(10-1)12-9-19-41(38)49-44-17-7-5-15-42(44)48(43-16-6-8-18-45(43)49)37-23-22-33-28-34(20-21-35(33)29-37)36-25-26-40-46-27-24-32-11-2-4-14-39(32)50(46)51-47(40)30-36/h1-30H. The predicted molar refractivity (Wildman–Crippen MR) is 218 cm³/mol. The molecule has 1 nitrogen and oxygen atoms in total. The Morgan fingerprint density at radius 1 is 0.275 bits per heavy atom. The molecule has 0 bridgehead atoms. The molecule has 236 valence electrons. The highest BCUT2D eigenvalue weighted by Gasteiger charge is 2.18. The van der Waals surface area contributed by atoms with Gasteiger partial charge in [0.2, 0.25) is 0 Å². The lowest BCUT2D eigenvalue weighted by atomic mass is 9.84. The summed E-state index contributed by atoms with van der Waals surface area (Å²) in [6.45, 7) is 0. The first kappa shape index (κ1) is 28.2. The van der Waals surface area contributed by atoms with Gasteiger partial charge in [-0.3, -0.25) is 0 Å². The first-order chi connectivity index (χ1) is 25.3. The maximum absolute atomic E-state index is 6.51. The number of hydrogen-bond acceptors (Lipinski definition) is 1. The Morgan fingerprint density at radius 2 is 0.765 bits per heavy atom. The molecule has 0 saturated heterocycles. The third-order valence-electron chi connectivity index (χ3n) is 10.8. The van der Waals surface area contributed by atoms with Crippen molar-refractivity contribution in [3.63, 3.8) is 0 Å². The molecule has 0 unspecified atom stereocenters. The Kier molecular flexibility index (Phi) is 6.02. The lowest BCUT2D eigenvalue weighted by Gasteiger charge is -2.19. The van der Waals surface area contributed by atoms with Crippen LogP contribution in [0.25, 0.3) is 109 Å². The highest BCUT2D eigenvalue weighted by atomic mass is 16.3. The smallest absolute Gasteiger partial charge is 0.143 e. The average molecular weight is 647 g/mol. The number of rotatable bonds is 3. The second kappa shape index (κ2) is 10.9. The van der Waals surface area contributed by atoms with Crippen molar-refractivity contribution in [2.24, 2.45) is 0 Å². The molecule has 1 aromatic heterocycles. The van der Waals surface area contributed by atoms with Gasteiger partial charge in [0, 0.05) is 16.2 Å². The van der Waals surface area contributed by atoms with E-state index < -0.39 is 0 Å². The van der Waals surface area contributed by atoms with E-state index in [1.165, 1.54) is 76.3 Å². The molecular weight excluding hydrogens is 617 g/mol. The molecule has 0 aliphatic heterocycles. The zero-order valence-electron chi connectivity index (χ0n) is 27.7. The average Bonchev–Trinajstić information content (AvgIpc) is 3.58. The van der Waals surface area contributed by atoms with Crippen molar-refractivity contribution in [3.05, 3.63) is 182 Å². The summed E-state index contributed by atoms with van der Waals surface area (Å²) in [7, 11) is 0. The summed E-state index contributed by atoms with van der Waals surface area (Å²) >= 11 is 0. The fourth-order valence-corrected chi connectivity index (χ4v) is 8.44. The molecule has 51 heavy (non-hydrogen) atoms. The van der Waals surface area contributed by atoms with Crippen LogP contribution in [0.3, 0.4) is 0 Å². The van der Waals surface area contributed by atoms with Crippen LogP contribution in [-0.2, 0) is 0 Å². The van der Waals surface area contributed by atoms with E-state index in [1.807, 2.05) is 0 Å². The zero-order valence-corrected chi connectivity index (χ0v) is 27.7. The predicted octanol–water partition coefficient (Wildman–Crippen LogP) is 14.4. The van der Waals surface area contributed by atoms with Crippen molar-refractivity contribution >= 4 is 75.8 Å². The van der Waals surface area contributed by atoms with Gasteiger partial charge in [0.15, 0.2) is 0 Å². The lowest BCUT2D eigenvalue weighted by Crippen LogP contribution is -1.91. The van der Waals surface area contributed by atoms with Crippen molar-refractivity contribution in [2.75, 3.05) is 0 Å². The highest BCUT2D eigenvalue weighted by molar-refractivity contribution is 6.24. The molecule has 0 N–H and O–H groups in total. The van der Waals surface area contributed by atoms with Crippen molar-refractivity contribution in [1.82, 2.24) is 0 Å². The largest absolute Gasteiger partial charge is 0.455 e. The Bertz CT molecular complexity index is 3130. The molecular formula is C50H30O. The maximum Gasteiger partial charge on any atom is 0.143 e. The van der Waals surface area contributed by atoms with Crippen LogP contribution in [0.2, 0.25) is 0 Å². The van der Waals surface area contributed by atoms with Crippen LogP contribution in [-0.4, -0.2) is 0 Å². The van der Waals surface area contributed by atoms with Gasteiger partial charge in [-0.15, -0.1) is 0 Å². The van der Waals surface area contributed by atoms with Crippen LogP contribution < -0.4 is 0 Å². The van der Waals surface area contributed by atoms with Crippen molar-refractivity contribution < 1.29 is 4.42 Å². The molecule has 0 atom stereocenters. The zero-order chi connectivity index (χ0) is 33.5. The SMILES string of the molecule is c1ccc2c(-c3c4ccccc4c(-c4ccc5cc(-c6ccc7c(c6)oc6c8ccccc8ccc76)ccc5c4)c4ccccc34)cccc2c1. The monoisotopic (exact) mass is 646 g/mol. The molecule has 11 aromatic rings. The molecule has 1 heteroatoms. The molecule has 0 aliphatic rings. The van der Waals surface area contributed by atoms with Gasteiger partial charge in [-0.2, -0.15) is 0 Å². The van der Waals surface area contributed by atoms with E-state index in [0.29, 0.717) is 0 Å². The van der Waals surface area contributed by atoms with Gasteiger partial charge in [0.25, 0.3) is 0 Å². The molecule has 0 amide bonds. The number of benzene rings is 10. The lowest BCUT2D eigenvalue weighted by molar-refractivity contribution is 0.673. The summed E-state index contributed by atoms with van der Waals surface area (Å²) in [5.41, 5.74) is 9.27. The second-order valence-corrected chi connectivity index (χ2v) is 13.6. The van der Waals surface area contributed by atoms with E-state index in [4.69, 9.17) is 4.42 Å². The van der Waals surface area contributed by atoms with Gasteiger partial charge >= 0.3 is 0 Å². The molecule has 1 heterocycles. The summed E-state index contributed by atoms with van der Waals surface area (Å²) in [4.78, 5) is 0. The molecule has 0 saturated carbocycles. The number of hydrogen-bond donors (Lipinski definition) is 0. The van der Waals surface area contributed by atoms with Crippen LogP contribution in [0, 0.1) is 0 Å². The van der Waals surface area contributed by atoms with Crippen molar-refractivity contribution in [1.29, 1.82) is 0 Å². The van der Waals surface area contributed by atoms with E-state index in [1.54, 1.807) is 0 Å². The number of fused-ring (bicyclic) bond motifs is 9. The molecule has 0 fully saturated rings. The minimum absolute atomic E-state index is 0.917. The molecule has 11 rings (SSSR count). The first-order valence-corrected chi connectivity index (χ1v) is 17.6. The van der Waals surface area contributed by atoms with Gasteiger partial charge < -0.3 is 4.42 Å². The summed E-state index contributed by atoms with van der Waals surface area (Å²) < 4.78 is 6.51. The van der Waals surface area contributed by atoms with Crippen LogP contribution in [0.15, 0.2) is 186 Å². The highest BCUT2D eigenvalue weighted by Crippen LogP contribution is 2.46. The third kappa shape index (κ3) is 4.28. The van der Waals surface area contributed by atoms with Crippen LogP contribution >= 0.6 is 0 Å². The minimum atomic E-state index is 0.917. The Morgan fingerprint density at radius 3 is 1.49 bits per heavy atom. The summed E-state index contributed by atoms with van der Waals surface area (Å²) in [5, 5.41) is 14.7. The Hall–Kier alpha value is -6.70. The quantitative estimate of drug-likeness (QED) is 0.174. The number of furan rings is 1. The van der Waals surface area contributed by atoms with Crippen molar-refractivity contribution in [3.8, 4) is 33.4 Å². The van der Waals surface area contributed by atoms with Gasteiger partial charge in [0.1, 0.15) is 11.2 Å². The minimum Gasteiger partial charge on any atom is -0.455 e. The fraction of sp³-hybridized carbons (Fsp3) is 0. The fourth-order valence-electron chi connectivity index (χ4n) is 8.44. The second-order valence-electron chi connectivity index (χ2n) is 13.6. The summed E-state index contributed by atoms with van der Waals surface area (Å²) in [5.74, 6) is 0. The summed E-state index contributed by atoms with van der Waals surface area (Å²) in [6.07, 6.45) is 0. The van der Waals surface area contributed by atoms with Crippen molar-refractivity contribution in [2.45, 2.75) is 0 Å². The molecule has 0 aliphatic carbocycles. The van der Waals surface area contributed by atoms with Gasteiger partial charge in [-0.25, -0.2) is 0 Å². The van der Waals surface area contributed by atoms with Gasteiger partial charge in [0.05, 0.1) is 0 Å².